The summed E-state index contributed by atoms with van der Waals surface area (Å²) in [5.74, 6) is -1.46. The van der Waals surface area contributed by atoms with Gasteiger partial charge in [0.2, 0.25) is 5.91 Å². The zero-order valence-electron chi connectivity index (χ0n) is 13.6. The molecular formula is C18H17N3O4. The molecule has 1 aromatic heterocycles. The maximum absolute atomic E-state index is 12.3. The van der Waals surface area contributed by atoms with Crippen molar-refractivity contribution in [3.8, 4) is 0 Å². The van der Waals surface area contributed by atoms with Crippen LogP contribution in [0.4, 0.5) is 5.69 Å². The number of hydrogen-bond donors (Lipinski definition) is 3. The van der Waals surface area contributed by atoms with Gasteiger partial charge in [0.15, 0.2) is 0 Å². The monoisotopic (exact) mass is 339 g/mol. The minimum absolute atomic E-state index is 0.0129. The van der Waals surface area contributed by atoms with Crippen molar-refractivity contribution >= 4 is 23.5 Å². The lowest BCUT2D eigenvalue weighted by Crippen LogP contribution is -2.27. The zero-order valence-corrected chi connectivity index (χ0v) is 13.6. The fourth-order valence-corrected chi connectivity index (χ4v) is 2.69. The number of amides is 2. The number of aromatic carboxylic acids is 1. The molecule has 1 aromatic carbocycles. The fourth-order valence-electron chi connectivity index (χ4n) is 2.69. The molecule has 1 aliphatic rings. The van der Waals surface area contributed by atoms with Crippen LogP contribution in [0.1, 0.15) is 51.4 Å². The molecule has 7 nitrogen and oxygen atoms in total. The molecular weight excluding hydrogens is 322 g/mol. The summed E-state index contributed by atoms with van der Waals surface area (Å²) < 4.78 is 0. The number of rotatable bonds is 4. The van der Waals surface area contributed by atoms with Crippen LogP contribution in [0.5, 0.6) is 0 Å². The van der Waals surface area contributed by atoms with E-state index in [9.17, 15) is 14.4 Å². The number of aromatic nitrogens is 1. The highest BCUT2D eigenvalue weighted by Gasteiger charge is 2.18. The standard InChI is InChI=1S/C18H17N3O4/c1-10(11-2-5-14-12(8-11)4-7-16(22)21-14)20-17(23)13-3-6-15(18(24)25)19-9-13/h2-3,5-6,8-10H,4,7H2,1H3,(H,20,23)(H,21,22)(H,24,25)/t10-/m1/s1. The second-order valence-corrected chi connectivity index (χ2v) is 5.90. The molecule has 1 atom stereocenters. The molecule has 1 aliphatic heterocycles. The predicted molar refractivity (Wildman–Crippen MR) is 90.5 cm³/mol. The van der Waals surface area contributed by atoms with Gasteiger partial charge in [-0.1, -0.05) is 12.1 Å². The summed E-state index contributed by atoms with van der Waals surface area (Å²) in [5.41, 5.74) is 2.97. The zero-order chi connectivity index (χ0) is 18.0. The predicted octanol–water partition coefficient (Wildman–Crippen LogP) is 2.16. The van der Waals surface area contributed by atoms with E-state index in [4.69, 9.17) is 5.11 Å². The number of hydrogen-bond acceptors (Lipinski definition) is 4. The Morgan fingerprint density at radius 3 is 2.72 bits per heavy atom. The molecule has 7 heteroatoms. The molecule has 0 saturated heterocycles. The Bertz CT molecular complexity index is 846. The highest BCUT2D eigenvalue weighted by Crippen LogP contribution is 2.26. The topological polar surface area (TPSA) is 108 Å². The summed E-state index contributed by atoms with van der Waals surface area (Å²) in [5, 5.41) is 14.5. The normalized spacial score (nSPS) is 14.2. The van der Waals surface area contributed by atoms with E-state index in [0.717, 1.165) is 16.8 Å². The lowest BCUT2D eigenvalue weighted by Gasteiger charge is -2.20. The molecule has 0 bridgehead atoms. The number of fused-ring (bicyclic) bond motifs is 1. The second-order valence-electron chi connectivity index (χ2n) is 5.90. The number of aryl methyl sites for hydroxylation is 1. The summed E-state index contributed by atoms with van der Waals surface area (Å²) in [6.45, 7) is 1.86. The van der Waals surface area contributed by atoms with Crippen molar-refractivity contribution in [1.82, 2.24) is 10.3 Å². The Morgan fingerprint density at radius 2 is 2.04 bits per heavy atom. The van der Waals surface area contributed by atoms with Crippen LogP contribution in [0.15, 0.2) is 36.5 Å². The first-order valence-corrected chi connectivity index (χ1v) is 7.87. The molecule has 0 unspecified atom stereocenters. The quantitative estimate of drug-likeness (QED) is 0.791. The van der Waals surface area contributed by atoms with Gasteiger partial charge in [0.1, 0.15) is 5.69 Å². The Morgan fingerprint density at radius 1 is 1.24 bits per heavy atom. The van der Waals surface area contributed by atoms with Crippen LogP contribution in [0.2, 0.25) is 0 Å². The SMILES string of the molecule is C[C@@H](NC(=O)c1ccc(C(=O)O)nc1)c1ccc2c(c1)CCC(=O)N2. The minimum Gasteiger partial charge on any atom is -0.477 e. The van der Waals surface area contributed by atoms with Crippen molar-refractivity contribution in [2.45, 2.75) is 25.8 Å². The number of benzene rings is 1. The average Bonchev–Trinajstić information content (AvgIpc) is 2.61. The molecule has 0 spiro atoms. The molecule has 0 radical (unpaired) electrons. The summed E-state index contributed by atoms with van der Waals surface area (Å²) in [6.07, 6.45) is 2.38. The highest BCUT2D eigenvalue weighted by atomic mass is 16.4. The summed E-state index contributed by atoms with van der Waals surface area (Å²) in [6, 6.07) is 8.17. The summed E-state index contributed by atoms with van der Waals surface area (Å²) in [4.78, 5) is 38.2. The van der Waals surface area contributed by atoms with Gasteiger partial charge < -0.3 is 15.7 Å². The van der Waals surface area contributed by atoms with E-state index in [2.05, 4.69) is 15.6 Å². The van der Waals surface area contributed by atoms with Gasteiger partial charge in [0.05, 0.1) is 11.6 Å². The molecule has 2 aromatic rings. The molecule has 0 aliphatic carbocycles. The lowest BCUT2D eigenvalue weighted by atomic mass is 9.97. The highest BCUT2D eigenvalue weighted by molar-refractivity contribution is 5.95. The Hall–Kier alpha value is -3.22. The number of pyridine rings is 1. The van der Waals surface area contributed by atoms with Crippen LogP contribution >= 0.6 is 0 Å². The Labute approximate surface area is 144 Å². The van der Waals surface area contributed by atoms with Gasteiger partial charge in [0.25, 0.3) is 5.91 Å². The average molecular weight is 339 g/mol. The van der Waals surface area contributed by atoms with Crippen LogP contribution in [-0.4, -0.2) is 27.9 Å². The van der Waals surface area contributed by atoms with Gasteiger partial charge in [-0.15, -0.1) is 0 Å². The number of carbonyl (C=O) groups is 3. The largest absolute Gasteiger partial charge is 0.477 e. The first-order chi connectivity index (χ1) is 11.9. The first kappa shape index (κ1) is 16.6. The first-order valence-electron chi connectivity index (χ1n) is 7.87. The molecule has 3 rings (SSSR count). The third-order valence-corrected chi connectivity index (χ3v) is 4.12. The second kappa shape index (κ2) is 6.72. The Balaban J connectivity index is 1.71. The van der Waals surface area contributed by atoms with Gasteiger partial charge in [-0.05, 0) is 42.7 Å². The minimum atomic E-state index is -1.14. The maximum Gasteiger partial charge on any atom is 0.354 e. The molecule has 2 heterocycles. The lowest BCUT2D eigenvalue weighted by molar-refractivity contribution is -0.116. The van der Waals surface area contributed by atoms with Crippen molar-refractivity contribution in [3.05, 3.63) is 58.9 Å². The van der Waals surface area contributed by atoms with Gasteiger partial charge in [-0.2, -0.15) is 0 Å². The summed E-state index contributed by atoms with van der Waals surface area (Å²) >= 11 is 0. The maximum atomic E-state index is 12.3. The number of anilines is 1. The summed E-state index contributed by atoms with van der Waals surface area (Å²) in [7, 11) is 0. The van der Waals surface area contributed by atoms with E-state index in [-0.39, 0.29) is 23.6 Å². The van der Waals surface area contributed by atoms with E-state index in [1.165, 1.54) is 18.3 Å². The number of nitrogens with one attached hydrogen (secondary N) is 2. The molecule has 25 heavy (non-hydrogen) atoms. The van der Waals surface area contributed by atoms with E-state index in [0.29, 0.717) is 18.4 Å². The van der Waals surface area contributed by atoms with E-state index < -0.39 is 5.97 Å². The van der Waals surface area contributed by atoms with Gasteiger partial charge >= 0.3 is 5.97 Å². The van der Waals surface area contributed by atoms with E-state index in [1.807, 2.05) is 25.1 Å². The fraction of sp³-hybridized carbons (Fsp3) is 0.222. The third kappa shape index (κ3) is 3.65. The van der Waals surface area contributed by atoms with Crippen LogP contribution in [0.3, 0.4) is 0 Å². The Kier molecular flexibility index (Phi) is 4.47. The van der Waals surface area contributed by atoms with Gasteiger partial charge in [0, 0.05) is 18.3 Å². The van der Waals surface area contributed by atoms with Crippen molar-refractivity contribution in [3.63, 3.8) is 0 Å². The van der Waals surface area contributed by atoms with E-state index in [1.54, 1.807) is 0 Å². The molecule has 2 amide bonds. The van der Waals surface area contributed by atoms with Crippen LogP contribution in [0.25, 0.3) is 0 Å². The van der Waals surface area contributed by atoms with Crippen molar-refractivity contribution in [2.24, 2.45) is 0 Å². The van der Waals surface area contributed by atoms with Gasteiger partial charge in [-0.25, -0.2) is 9.78 Å². The molecule has 0 fully saturated rings. The van der Waals surface area contributed by atoms with E-state index >= 15 is 0 Å². The molecule has 0 saturated carbocycles. The molecule has 3 N–H and O–H groups in total. The van der Waals surface area contributed by atoms with Crippen molar-refractivity contribution < 1.29 is 19.5 Å². The van der Waals surface area contributed by atoms with Gasteiger partial charge in [-0.3, -0.25) is 9.59 Å². The van der Waals surface area contributed by atoms with Crippen LogP contribution in [0, 0.1) is 0 Å². The number of carboxylic acids is 1. The number of carbonyl (C=O) groups excluding carboxylic acids is 2. The van der Waals surface area contributed by atoms with Crippen LogP contribution in [-0.2, 0) is 11.2 Å². The smallest absolute Gasteiger partial charge is 0.354 e. The number of nitrogens with zero attached hydrogens (tertiary/aromatic N) is 1. The third-order valence-electron chi connectivity index (χ3n) is 4.12. The van der Waals surface area contributed by atoms with Crippen molar-refractivity contribution in [1.29, 1.82) is 0 Å². The van der Waals surface area contributed by atoms with Crippen molar-refractivity contribution in [2.75, 3.05) is 5.32 Å². The van der Waals surface area contributed by atoms with Crippen LogP contribution < -0.4 is 10.6 Å². The number of carboxylic acid groups (broad SMARTS) is 1. The molecule has 128 valence electrons.